The summed E-state index contributed by atoms with van der Waals surface area (Å²) in [7, 11) is 0. The van der Waals surface area contributed by atoms with Gasteiger partial charge >= 0.3 is 5.97 Å². The number of hydrogen-bond donors (Lipinski definition) is 2. The fourth-order valence-electron chi connectivity index (χ4n) is 2.43. The van der Waals surface area contributed by atoms with Crippen molar-refractivity contribution in [3.05, 3.63) is 29.3 Å². The van der Waals surface area contributed by atoms with Crippen LogP contribution in [0.3, 0.4) is 0 Å². The first-order valence-electron chi connectivity index (χ1n) is 6.70. The van der Waals surface area contributed by atoms with Crippen LogP contribution in [0.2, 0.25) is 0 Å². The molecule has 0 saturated heterocycles. The summed E-state index contributed by atoms with van der Waals surface area (Å²) >= 11 is 0. The van der Waals surface area contributed by atoms with Crippen molar-refractivity contribution in [3.8, 4) is 0 Å². The number of carbonyl (C=O) groups is 2. The molecule has 0 aromatic heterocycles. The van der Waals surface area contributed by atoms with E-state index in [1.165, 1.54) is 24.0 Å². The third kappa shape index (κ3) is 3.56. The third-order valence-electron chi connectivity index (χ3n) is 3.54. The number of hydrogen-bond acceptors (Lipinski definition) is 2. The van der Waals surface area contributed by atoms with Gasteiger partial charge in [-0.3, -0.25) is 9.59 Å². The minimum atomic E-state index is -0.951. The van der Waals surface area contributed by atoms with Gasteiger partial charge in [0.15, 0.2) is 0 Å². The van der Waals surface area contributed by atoms with Crippen molar-refractivity contribution in [3.63, 3.8) is 0 Å². The largest absolute Gasteiger partial charge is 0.481 e. The lowest BCUT2D eigenvalue weighted by molar-refractivity contribution is -0.139. The van der Waals surface area contributed by atoms with E-state index in [0.29, 0.717) is 0 Å². The second kappa shape index (κ2) is 5.87. The summed E-state index contributed by atoms with van der Waals surface area (Å²) in [5, 5.41) is 11.5. The highest BCUT2D eigenvalue weighted by molar-refractivity contribution is 5.94. The first kappa shape index (κ1) is 13.6. The van der Waals surface area contributed by atoms with Crippen molar-refractivity contribution in [2.24, 2.45) is 5.92 Å². The van der Waals surface area contributed by atoms with E-state index >= 15 is 0 Å². The van der Waals surface area contributed by atoms with Gasteiger partial charge in [-0.1, -0.05) is 13.0 Å². The number of carboxylic acids is 1. The summed E-state index contributed by atoms with van der Waals surface area (Å²) in [5.74, 6) is -1.71. The average molecular weight is 261 g/mol. The molecule has 1 unspecified atom stereocenters. The van der Waals surface area contributed by atoms with E-state index in [9.17, 15) is 9.59 Å². The standard InChI is InChI=1S/C15H19NO3/c1-10(8-14(17)18)15(19)16-13-7-6-11-4-2-3-5-12(11)9-13/h6-7,9-10H,2-5,8H2,1H3,(H,16,19)(H,17,18). The molecule has 0 aliphatic heterocycles. The Kier molecular flexibility index (Phi) is 4.20. The van der Waals surface area contributed by atoms with Crippen molar-refractivity contribution in [1.82, 2.24) is 0 Å². The Balaban J connectivity index is 2.03. The minimum absolute atomic E-state index is 0.142. The molecule has 4 heteroatoms. The fourth-order valence-corrected chi connectivity index (χ4v) is 2.43. The van der Waals surface area contributed by atoms with Crippen molar-refractivity contribution >= 4 is 17.6 Å². The van der Waals surface area contributed by atoms with Crippen LogP contribution in [-0.2, 0) is 22.4 Å². The molecule has 0 fully saturated rings. The second-order valence-electron chi connectivity index (χ2n) is 5.18. The highest BCUT2D eigenvalue weighted by Gasteiger charge is 2.17. The zero-order chi connectivity index (χ0) is 13.8. The molecule has 19 heavy (non-hydrogen) atoms. The molecule has 4 nitrogen and oxygen atoms in total. The molecule has 0 spiro atoms. The number of carbonyl (C=O) groups excluding carboxylic acids is 1. The maximum Gasteiger partial charge on any atom is 0.304 e. The summed E-state index contributed by atoms with van der Waals surface area (Å²) in [6.07, 6.45) is 4.45. The molecule has 102 valence electrons. The SMILES string of the molecule is CC(CC(=O)O)C(=O)Nc1ccc2c(c1)CCCC2. The molecule has 1 amide bonds. The lowest BCUT2D eigenvalue weighted by atomic mass is 9.91. The Bertz CT molecular complexity index is 496. The lowest BCUT2D eigenvalue weighted by Crippen LogP contribution is -2.22. The van der Waals surface area contributed by atoms with Gasteiger partial charge < -0.3 is 10.4 Å². The van der Waals surface area contributed by atoms with Crippen molar-refractivity contribution in [1.29, 1.82) is 0 Å². The van der Waals surface area contributed by atoms with Crippen LogP contribution in [0.1, 0.15) is 37.3 Å². The van der Waals surface area contributed by atoms with Crippen molar-refractivity contribution in [2.45, 2.75) is 39.0 Å². The highest BCUT2D eigenvalue weighted by Crippen LogP contribution is 2.24. The van der Waals surface area contributed by atoms with Crippen LogP contribution in [0.15, 0.2) is 18.2 Å². The predicted octanol–water partition coefficient (Wildman–Crippen LogP) is 2.61. The first-order chi connectivity index (χ1) is 9.06. The van der Waals surface area contributed by atoms with Crippen LogP contribution in [-0.4, -0.2) is 17.0 Å². The van der Waals surface area contributed by atoms with Crippen molar-refractivity contribution in [2.75, 3.05) is 5.32 Å². The predicted molar refractivity (Wildman–Crippen MR) is 73.1 cm³/mol. The third-order valence-corrected chi connectivity index (χ3v) is 3.54. The highest BCUT2D eigenvalue weighted by atomic mass is 16.4. The number of aryl methyl sites for hydroxylation is 2. The molecule has 1 aliphatic carbocycles. The number of aliphatic carboxylic acids is 1. The summed E-state index contributed by atoms with van der Waals surface area (Å²) in [6.45, 7) is 1.63. The second-order valence-corrected chi connectivity index (χ2v) is 5.18. The summed E-state index contributed by atoms with van der Waals surface area (Å²) < 4.78 is 0. The molecule has 0 radical (unpaired) electrons. The summed E-state index contributed by atoms with van der Waals surface area (Å²) in [6, 6.07) is 5.97. The van der Waals surface area contributed by atoms with Gasteiger partial charge in [0, 0.05) is 11.6 Å². The maximum atomic E-state index is 11.8. The fraction of sp³-hybridized carbons (Fsp3) is 0.467. The molecule has 1 atom stereocenters. The van der Waals surface area contributed by atoms with Gasteiger partial charge in [-0.05, 0) is 48.9 Å². The van der Waals surface area contributed by atoms with E-state index in [0.717, 1.165) is 18.5 Å². The molecule has 2 rings (SSSR count). The van der Waals surface area contributed by atoms with Crippen LogP contribution in [0.4, 0.5) is 5.69 Å². The molecule has 0 heterocycles. The quantitative estimate of drug-likeness (QED) is 0.875. The molecule has 0 bridgehead atoms. The lowest BCUT2D eigenvalue weighted by Gasteiger charge is -2.17. The first-order valence-corrected chi connectivity index (χ1v) is 6.70. The van der Waals surface area contributed by atoms with Gasteiger partial charge in [-0.2, -0.15) is 0 Å². The molecule has 1 aromatic rings. The summed E-state index contributed by atoms with van der Waals surface area (Å²) in [4.78, 5) is 22.4. The molecular formula is C15H19NO3. The number of benzene rings is 1. The molecule has 0 saturated carbocycles. The average Bonchev–Trinajstić information content (AvgIpc) is 2.37. The van der Waals surface area contributed by atoms with Gasteiger partial charge in [-0.25, -0.2) is 0 Å². The van der Waals surface area contributed by atoms with Gasteiger partial charge in [0.05, 0.1) is 6.42 Å². The number of rotatable bonds is 4. The van der Waals surface area contributed by atoms with E-state index < -0.39 is 11.9 Å². The normalized spacial score (nSPS) is 15.4. The number of carboxylic acid groups (broad SMARTS) is 1. The van der Waals surface area contributed by atoms with Crippen LogP contribution < -0.4 is 5.32 Å². The van der Waals surface area contributed by atoms with Gasteiger partial charge in [0.1, 0.15) is 0 Å². The van der Waals surface area contributed by atoms with E-state index in [-0.39, 0.29) is 12.3 Å². The molecule has 1 aromatic carbocycles. The maximum absolute atomic E-state index is 11.8. The van der Waals surface area contributed by atoms with E-state index in [4.69, 9.17) is 5.11 Å². The Hall–Kier alpha value is -1.84. The number of nitrogens with one attached hydrogen (secondary N) is 1. The van der Waals surface area contributed by atoms with Crippen LogP contribution in [0, 0.1) is 5.92 Å². The molecule has 2 N–H and O–H groups in total. The Morgan fingerprint density at radius 2 is 1.95 bits per heavy atom. The smallest absolute Gasteiger partial charge is 0.304 e. The van der Waals surface area contributed by atoms with Gasteiger partial charge in [0.25, 0.3) is 0 Å². The van der Waals surface area contributed by atoms with Crippen LogP contribution in [0.25, 0.3) is 0 Å². The molecule has 1 aliphatic rings. The number of anilines is 1. The van der Waals surface area contributed by atoms with Crippen molar-refractivity contribution < 1.29 is 14.7 Å². The monoisotopic (exact) mass is 261 g/mol. The van der Waals surface area contributed by atoms with Crippen LogP contribution >= 0.6 is 0 Å². The zero-order valence-electron chi connectivity index (χ0n) is 11.1. The molecular weight excluding hydrogens is 242 g/mol. The number of fused-ring (bicyclic) bond motifs is 1. The van der Waals surface area contributed by atoms with E-state index in [2.05, 4.69) is 11.4 Å². The topological polar surface area (TPSA) is 66.4 Å². The van der Waals surface area contributed by atoms with E-state index in [1.807, 2.05) is 12.1 Å². The Morgan fingerprint density at radius 1 is 1.26 bits per heavy atom. The van der Waals surface area contributed by atoms with Crippen LogP contribution in [0.5, 0.6) is 0 Å². The Morgan fingerprint density at radius 3 is 2.63 bits per heavy atom. The van der Waals surface area contributed by atoms with Gasteiger partial charge in [-0.15, -0.1) is 0 Å². The van der Waals surface area contributed by atoms with E-state index in [1.54, 1.807) is 6.92 Å². The minimum Gasteiger partial charge on any atom is -0.481 e. The Labute approximate surface area is 112 Å². The van der Waals surface area contributed by atoms with Gasteiger partial charge in [0.2, 0.25) is 5.91 Å². The summed E-state index contributed by atoms with van der Waals surface area (Å²) in [5.41, 5.74) is 3.43. The number of amides is 1. The zero-order valence-corrected chi connectivity index (χ0v) is 11.1.